The molecule has 0 aromatic carbocycles. The summed E-state index contributed by atoms with van der Waals surface area (Å²) in [4.78, 5) is 13.8. The molecule has 0 saturated carbocycles. The summed E-state index contributed by atoms with van der Waals surface area (Å²) in [7, 11) is 0. The second-order valence-electron chi connectivity index (χ2n) is 4.25. The van der Waals surface area contributed by atoms with Gasteiger partial charge in [-0.15, -0.1) is 11.6 Å². The Morgan fingerprint density at radius 3 is 2.86 bits per heavy atom. The first kappa shape index (κ1) is 10.2. The zero-order valence-corrected chi connectivity index (χ0v) is 9.17. The van der Waals surface area contributed by atoms with E-state index in [4.69, 9.17) is 16.3 Å². The van der Waals surface area contributed by atoms with Gasteiger partial charge in [0.2, 0.25) is 5.91 Å². The number of amides is 1. The number of nitrogens with zero attached hydrogens (tertiary/aromatic N) is 1. The predicted molar refractivity (Wildman–Crippen MR) is 54.4 cm³/mol. The lowest BCUT2D eigenvalue weighted by atomic mass is 10.1. The summed E-state index contributed by atoms with van der Waals surface area (Å²) < 4.78 is 5.39. The molecule has 2 fully saturated rings. The Labute approximate surface area is 89.4 Å². The molecule has 0 radical (unpaired) electrons. The zero-order valence-electron chi connectivity index (χ0n) is 8.41. The lowest BCUT2D eigenvalue weighted by Gasteiger charge is -2.18. The van der Waals surface area contributed by atoms with Crippen LogP contribution in [0.3, 0.4) is 0 Å². The van der Waals surface area contributed by atoms with E-state index in [0.717, 1.165) is 19.4 Å². The summed E-state index contributed by atoms with van der Waals surface area (Å²) in [5.74, 6) is 0.310. The van der Waals surface area contributed by atoms with Crippen LogP contribution in [-0.2, 0) is 9.53 Å². The summed E-state index contributed by atoms with van der Waals surface area (Å²) in [6, 6.07) is 0. The van der Waals surface area contributed by atoms with Crippen molar-refractivity contribution >= 4 is 17.5 Å². The van der Waals surface area contributed by atoms with Crippen LogP contribution in [-0.4, -0.2) is 42.0 Å². The van der Waals surface area contributed by atoms with Gasteiger partial charge in [0.25, 0.3) is 0 Å². The quantitative estimate of drug-likeness (QED) is 0.619. The van der Waals surface area contributed by atoms with Crippen LogP contribution in [0.1, 0.15) is 19.8 Å². The van der Waals surface area contributed by atoms with Crippen LogP contribution in [0.15, 0.2) is 0 Å². The van der Waals surface area contributed by atoms with Gasteiger partial charge >= 0.3 is 0 Å². The van der Waals surface area contributed by atoms with Crippen molar-refractivity contribution in [3.63, 3.8) is 0 Å². The van der Waals surface area contributed by atoms with Crippen LogP contribution in [0.5, 0.6) is 0 Å². The number of alkyl halides is 1. The van der Waals surface area contributed by atoms with Gasteiger partial charge in [-0.2, -0.15) is 0 Å². The van der Waals surface area contributed by atoms with Crippen molar-refractivity contribution in [2.24, 2.45) is 5.92 Å². The molecule has 3 atom stereocenters. The number of carbonyl (C=O) groups is 1. The van der Waals surface area contributed by atoms with Crippen LogP contribution in [0.25, 0.3) is 0 Å². The van der Waals surface area contributed by atoms with E-state index in [1.165, 1.54) is 0 Å². The number of rotatable bonds is 1. The van der Waals surface area contributed by atoms with Gasteiger partial charge < -0.3 is 9.64 Å². The summed E-state index contributed by atoms with van der Waals surface area (Å²) >= 11 is 5.96. The lowest BCUT2D eigenvalue weighted by Crippen LogP contribution is -2.34. The maximum Gasteiger partial charge on any atom is 0.228 e. The molecular weight excluding hydrogens is 202 g/mol. The van der Waals surface area contributed by atoms with E-state index in [9.17, 15) is 4.79 Å². The summed E-state index contributed by atoms with van der Waals surface area (Å²) in [5.41, 5.74) is 0. The molecular formula is C10H16ClNO2. The lowest BCUT2D eigenvalue weighted by molar-refractivity contribution is -0.134. The maximum atomic E-state index is 11.9. The van der Waals surface area contributed by atoms with E-state index in [2.05, 4.69) is 0 Å². The van der Waals surface area contributed by atoms with Crippen molar-refractivity contribution in [3.05, 3.63) is 0 Å². The number of likely N-dealkylation sites (tertiary alicyclic amines) is 1. The molecule has 0 bridgehead atoms. The van der Waals surface area contributed by atoms with Gasteiger partial charge in [-0.05, 0) is 19.8 Å². The Morgan fingerprint density at radius 2 is 2.36 bits per heavy atom. The monoisotopic (exact) mass is 217 g/mol. The Bertz CT molecular complexity index is 212. The molecule has 3 nitrogen and oxygen atoms in total. The van der Waals surface area contributed by atoms with Gasteiger partial charge in [0.1, 0.15) is 0 Å². The highest BCUT2D eigenvalue weighted by atomic mass is 35.5. The van der Waals surface area contributed by atoms with Crippen molar-refractivity contribution < 1.29 is 9.53 Å². The molecule has 2 aliphatic rings. The van der Waals surface area contributed by atoms with E-state index < -0.39 is 0 Å². The molecule has 0 N–H and O–H groups in total. The first-order valence-electron chi connectivity index (χ1n) is 5.21. The van der Waals surface area contributed by atoms with Gasteiger partial charge in [0.05, 0.1) is 24.0 Å². The average molecular weight is 218 g/mol. The average Bonchev–Trinajstić information content (AvgIpc) is 2.73. The number of ether oxygens (including phenoxy) is 1. The van der Waals surface area contributed by atoms with E-state index in [-0.39, 0.29) is 23.3 Å². The van der Waals surface area contributed by atoms with Crippen molar-refractivity contribution in [2.75, 3.05) is 19.7 Å². The molecule has 4 heteroatoms. The van der Waals surface area contributed by atoms with Gasteiger partial charge in [-0.25, -0.2) is 0 Å². The second kappa shape index (κ2) is 4.07. The number of halogens is 1. The summed E-state index contributed by atoms with van der Waals surface area (Å²) in [6.07, 6.45) is 2.02. The SMILES string of the molecule is CC1CC(C(=O)N2CCC(Cl)C2)CO1. The number of hydrogen-bond donors (Lipinski definition) is 0. The largest absolute Gasteiger partial charge is 0.378 e. The Morgan fingerprint density at radius 1 is 1.57 bits per heavy atom. The van der Waals surface area contributed by atoms with Crippen LogP contribution in [0.4, 0.5) is 0 Å². The van der Waals surface area contributed by atoms with Crippen molar-refractivity contribution in [1.82, 2.24) is 4.90 Å². The fourth-order valence-corrected chi connectivity index (χ4v) is 2.43. The minimum atomic E-state index is 0.0759. The number of hydrogen-bond acceptors (Lipinski definition) is 2. The molecule has 0 aliphatic carbocycles. The van der Waals surface area contributed by atoms with Gasteiger partial charge in [-0.3, -0.25) is 4.79 Å². The highest BCUT2D eigenvalue weighted by Crippen LogP contribution is 2.24. The fraction of sp³-hybridized carbons (Fsp3) is 0.900. The Kier molecular flexibility index (Phi) is 2.98. The molecule has 3 unspecified atom stereocenters. The minimum Gasteiger partial charge on any atom is -0.378 e. The van der Waals surface area contributed by atoms with E-state index in [0.29, 0.717) is 13.2 Å². The Hall–Kier alpha value is -0.280. The predicted octanol–water partition coefficient (Wildman–Crippen LogP) is 1.25. The zero-order chi connectivity index (χ0) is 10.1. The molecule has 0 aromatic rings. The van der Waals surface area contributed by atoms with Crippen LogP contribution >= 0.6 is 11.6 Å². The molecule has 0 spiro atoms. The molecule has 14 heavy (non-hydrogen) atoms. The smallest absolute Gasteiger partial charge is 0.228 e. The summed E-state index contributed by atoms with van der Waals surface area (Å²) in [6.45, 7) is 4.13. The molecule has 1 amide bonds. The molecule has 2 rings (SSSR count). The van der Waals surface area contributed by atoms with Gasteiger partial charge in [-0.1, -0.05) is 0 Å². The molecule has 2 aliphatic heterocycles. The first-order valence-corrected chi connectivity index (χ1v) is 5.65. The third-order valence-corrected chi connectivity index (χ3v) is 3.35. The van der Waals surface area contributed by atoms with Gasteiger partial charge in [0.15, 0.2) is 0 Å². The topological polar surface area (TPSA) is 29.5 Å². The third-order valence-electron chi connectivity index (χ3n) is 2.99. The van der Waals surface area contributed by atoms with Crippen LogP contribution in [0.2, 0.25) is 0 Å². The standard InChI is InChI=1S/C10H16ClNO2/c1-7-4-8(6-14-7)10(13)12-3-2-9(11)5-12/h7-9H,2-6H2,1H3. The second-order valence-corrected chi connectivity index (χ2v) is 4.86. The van der Waals surface area contributed by atoms with Crippen LogP contribution < -0.4 is 0 Å². The third kappa shape index (κ3) is 2.04. The Balaban J connectivity index is 1.89. The highest BCUT2D eigenvalue weighted by molar-refractivity contribution is 6.21. The fourth-order valence-electron chi connectivity index (χ4n) is 2.17. The van der Waals surface area contributed by atoms with E-state index in [1.54, 1.807) is 0 Å². The maximum absolute atomic E-state index is 11.9. The number of carbonyl (C=O) groups excluding carboxylic acids is 1. The molecule has 80 valence electrons. The van der Waals surface area contributed by atoms with Crippen LogP contribution in [0, 0.1) is 5.92 Å². The van der Waals surface area contributed by atoms with E-state index >= 15 is 0 Å². The van der Waals surface area contributed by atoms with Crippen molar-refractivity contribution in [2.45, 2.75) is 31.2 Å². The summed E-state index contributed by atoms with van der Waals surface area (Å²) in [5, 5.41) is 0.152. The van der Waals surface area contributed by atoms with E-state index in [1.807, 2.05) is 11.8 Å². The molecule has 2 saturated heterocycles. The first-order chi connectivity index (χ1) is 6.66. The normalized spacial score (nSPS) is 37.9. The minimum absolute atomic E-state index is 0.0759. The molecule has 2 heterocycles. The highest BCUT2D eigenvalue weighted by Gasteiger charge is 2.34. The molecule has 0 aromatic heterocycles. The van der Waals surface area contributed by atoms with Crippen molar-refractivity contribution in [1.29, 1.82) is 0 Å². The van der Waals surface area contributed by atoms with Gasteiger partial charge in [0, 0.05) is 13.1 Å². The van der Waals surface area contributed by atoms with Crippen molar-refractivity contribution in [3.8, 4) is 0 Å².